The van der Waals surface area contributed by atoms with Crippen molar-refractivity contribution in [2.75, 3.05) is 20.3 Å². The molecule has 2 aliphatic heterocycles. The number of Topliss-reactive ketones (excluding diaryl/α,β-unsaturated/α-hetero) is 1. The molecule has 2 unspecified atom stereocenters. The number of aliphatic hydroxyl groups is 1. The fraction of sp³-hybridized carbons (Fsp3) is 0.360. The van der Waals surface area contributed by atoms with Crippen LogP contribution in [0.4, 0.5) is 4.39 Å². The number of rotatable bonds is 5. The van der Waals surface area contributed by atoms with Gasteiger partial charge < -0.3 is 19.5 Å². The number of benzene rings is 2. The van der Waals surface area contributed by atoms with Crippen LogP contribution in [0.5, 0.6) is 5.75 Å². The summed E-state index contributed by atoms with van der Waals surface area (Å²) in [5.74, 6) is -1.80. The van der Waals surface area contributed by atoms with Crippen LogP contribution in [-0.4, -0.2) is 48.1 Å². The van der Waals surface area contributed by atoms with Gasteiger partial charge in [-0.25, -0.2) is 4.39 Å². The first kappa shape index (κ1) is 22.0. The number of hydrogen-bond donors (Lipinski definition) is 1. The van der Waals surface area contributed by atoms with E-state index in [0.717, 1.165) is 24.0 Å². The van der Waals surface area contributed by atoms with Gasteiger partial charge in [0.2, 0.25) is 0 Å². The Balaban J connectivity index is 1.89. The summed E-state index contributed by atoms with van der Waals surface area (Å²) in [6.07, 6.45) is 1.48. The van der Waals surface area contributed by atoms with Crippen LogP contribution in [0.25, 0.3) is 5.76 Å². The summed E-state index contributed by atoms with van der Waals surface area (Å²) in [7, 11) is 1.49. The van der Waals surface area contributed by atoms with E-state index in [-0.39, 0.29) is 24.0 Å². The maximum Gasteiger partial charge on any atom is 0.295 e. The molecule has 2 fully saturated rings. The third kappa shape index (κ3) is 3.88. The molecule has 1 amide bonds. The van der Waals surface area contributed by atoms with Crippen molar-refractivity contribution in [1.82, 2.24) is 4.90 Å². The van der Waals surface area contributed by atoms with Crippen molar-refractivity contribution in [1.29, 1.82) is 0 Å². The molecule has 2 aromatic rings. The fourth-order valence-corrected chi connectivity index (χ4v) is 4.61. The van der Waals surface area contributed by atoms with Gasteiger partial charge in [0.15, 0.2) is 0 Å². The molecule has 1 N–H and O–H groups in total. The molecular weight excluding hydrogens is 413 g/mol. The van der Waals surface area contributed by atoms with Gasteiger partial charge in [-0.3, -0.25) is 9.59 Å². The molecule has 2 aliphatic rings. The van der Waals surface area contributed by atoms with E-state index in [0.29, 0.717) is 23.5 Å². The normalized spacial score (nSPS) is 22.6. The standard InChI is InChI=1S/C25H26FNO5/c1-14-11-15(2)24(31-3)19(12-14)22(28)20-21(16-6-8-17(26)9-7-16)27(25(30)23(20)29)13-18-5-4-10-32-18/h6-9,11-12,18,21,28H,4-5,10,13H2,1-3H3/b22-20+. The Morgan fingerprint density at radius 3 is 2.56 bits per heavy atom. The molecule has 7 heteroatoms. The summed E-state index contributed by atoms with van der Waals surface area (Å²) in [5.41, 5.74) is 2.50. The van der Waals surface area contributed by atoms with Crippen LogP contribution in [0.1, 0.15) is 41.1 Å². The smallest absolute Gasteiger partial charge is 0.295 e. The monoisotopic (exact) mass is 439 g/mol. The molecule has 2 atom stereocenters. The molecule has 6 nitrogen and oxygen atoms in total. The summed E-state index contributed by atoms with van der Waals surface area (Å²) in [5, 5.41) is 11.3. The first-order chi connectivity index (χ1) is 15.3. The zero-order valence-electron chi connectivity index (χ0n) is 18.4. The van der Waals surface area contributed by atoms with Crippen molar-refractivity contribution in [3.05, 3.63) is 70.0 Å². The summed E-state index contributed by atoms with van der Waals surface area (Å²) >= 11 is 0. The predicted octanol–water partition coefficient (Wildman–Crippen LogP) is 4.05. The number of carbonyl (C=O) groups excluding carboxylic acids is 2. The molecule has 0 saturated carbocycles. The van der Waals surface area contributed by atoms with Gasteiger partial charge in [-0.05, 0) is 61.6 Å². The number of halogens is 1. The average molecular weight is 439 g/mol. The molecule has 168 valence electrons. The second-order valence-electron chi connectivity index (χ2n) is 8.30. The number of methoxy groups -OCH3 is 1. The van der Waals surface area contributed by atoms with Crippen LogP contribution in [0.3, 0.4) is 0 Å². The van der Waals surface area contributed by atoms with E-state index in [1.54, 1.807) is 6.07 Å². The number of likely N-dealkylation sites (tertiary alicyclic amines) is 1. The van der Waals surface area contributed by atoms with E-state index in [1.165, 1.54) is 36.3 Å². The number of hydrogen-bond acceptors (Lipinski definition) is 5. The largest absolute Gasteiger partial charge is 0.507 e. The highest BCUT2D eigenvalue weighted by molar-refractivity contribution is 6.46. The van der Waals surface area contributed by atoms with Crippen molar-refractivity contribution in [3.63, 3.8) is 0 Å². The number of aliphatic hydroxyl groups excluding tert-OH is 1. The molecule has 4 rings (SSSR count). The lowest BCUT2D eigenvalue weighted by Crippen LogP contribution is -2.36. The third-order valence-electron chi connectivity index (χ3n) is 6.03. The lowest BCUT2D eigenvalue weighted by molar-refractivity contribution is -0.140. The van der Waals surface area contributed by atoms with Crippen molar-refractivity contribution in [2.45, 2.75) is 38.8 Å². The molecule has 0 spiro atoms. The summed E-state index contributed by atoms with van der Waals surface area (Å²) in [6.45, 7) is 4.54. The van der Waals surface area contributed by atoms with E-state index >= 15 is 0 Å². The van der Waals surface area contributed by atoms with Gasteiger partial charge in [-0.15, -0.1) is 0 Å². The Labute approximate surface area is 186 Å². The molecule has 2 aromatic carbocycles. The Hall–Kier alpha value is -3.19. The van der Waals surface area contributed by atoms with Crippen LogP contribution >= 0.6 is 0 Å². The zero-order valence-corrected chi connectivity index (χ0v) is 18.4. The number of ketones is 1. The molecule has 32 heavy (non-hydrogen) atoms. The van der Waals surface area contributed by atoms with Gasteiger partial charge in [0.05, 0.1) is 30.4 Å². The molecule has 0 aromatic heterocycles. The van der Waals surface area contributed by atoms with Crippen molar-refractivity contribution >= 4 is 17.4 Å². The number of carbonyl (C=O) groups is 2. The maximum atomic E-state index is 13.6. The molecule has 0 aliphatic carbocycles. The van der Waals surface area contributed by atoms with E-state index in [2.05, 4.69) is 0 Å². The minimum Gasteiger partial charge on any atom is -0.507 e. The zero-order chi connectivity index (χ0) is 23.0. The van der Waals surface area contributed by atoms with Crippen molar-refractivity contribution in [3.8, 4) is 5.75 Å². The third-order valence-corrected chi connectivity index (χ3v) is 6.03. The molecule has 2 saturated heterocycles. The van der Waals surface area contributed by atoms with Gasteiger partial charge in [0.1, 0.15) is 17.3 Å². The van der Waals surface area contributed by atoms with Gasteiger partial charge in [0.25, 0.3) is 11.7 Å². The Kier molecular flexibility index (Phi) is 6.02. The lowest BCUT2D eigenvalue weighted by atomic mass is 9.93. The number of aryl methyl sites for hydroxylation is 2. The summed E-state index contributed by atoms with van der Waals surface area (Å²) < 4.78 is 24.8. The first-order valence-corrected chi connectivity index (χ1v) is 10.6. The van der Waals surface area contributed by atoms with Crippen molar-refractivity contribution in [2.24, 2.45) is 0 Å². The number of nitrogens with zero attached hydrogens (tertiary/aromatic N) is 1. The minimum atomic E-state index is -0.856. The van der Waals surface area contributed by atoms with Crippen molar-refractivity contribution < 1.29 is 28.6 Å². The highest BCUT2D eigenvalue weighted by atomic mass is 19.1. The minimum absolute atomic E-state index is 0.0390. The van der Waals surface area contributed by atoms with Gasteiger partial charge in [-0.1, -0.05) is 18.2 Å². The van der Waals surface area contributed by atoms with Gasteiger partial charge in [-0.2, -0.15) is 0 Å². The second kappa shape index (κ2) is 8.74. The average Bonchev–Trinajstić information content (AvgIpc) is 3.36. The predicted molar refractivity (Wildman–Crippen MR) is 117 cm³/mol. The van der Waals surface area contributed by atoms with Gasteiger partial charge >= 0.3 is 0 Å². The molecule has 0 radical (unpaired) electrons. The highest BCUT2D eigenvalue weighted by Gasteiger charge is 2.47. The summed E-state index contributed by atoms with van der Waals surface area (Å²) in [4.78, 5) is 27.6. The lowest BCUT2D eigenvalue weighted by Gasteiger charge is -2.27. The van der Waals surface area contributed by atoms with E-state index in [4.69, 9.17) is 9.47 Å². The first-order valence-electron chi connectivity index (χ1n) is 10.6. The number of ether oxygens (including phenoxy) is 2. The van der Waals surface area contributed by atoms with Crippen LogP contribution in [-0.2, 0) is 14.3 Å². The quantitative estimate of drug-likeness (QED) is 0.432. The Morgan fingerprint density at radius 1 is 1.22 bits per heavy atom. The Bertz CT molecular complexity index is 1090. The van der Waals surface area contributed by atoms with Crippen LogP contribution in [0.15, 0.2) is 42.0 Å². The van der Waals surface area contributed by atoms with E-state index in [1.807, 2.05) is 19.9 Å². The highest BCUT2D eigenvalue weighted by Crippen LogP contribution is 2.42. The molecule has 2 heterocycles. The fourth-order valence-electron chi connectivity index (χ4n) is 4.61. The van der Waals surface area contributed by atoms with Gasteiger partial charge in [0, 0.05) is 13.2 Å². The van der Waals surface area contributed by atoms with E-state index in [9.17, 15) is 19.1 Å². The SMILES string of the molecule is COc1c(C)cc(C)cc1/C(O)=C1\C(=O)C(=O)N(CC2CCCO2)C1c1ccc(F)cc1. The summed E-state index contributed by atoms with van der Waals surface area (Å²) in [6, 6.07) is 8.38. The maximum absolute atomic E-state index is 13.6. The topological polar surface area (TPSA) is 76.1 Å². The van der Waals surface area contributed by atoms with Crippen LogP contribution < -0.4 is 4.74 Å². The molecular formula is C25H26FNO5. The molecule has 0 bridgehead atoms. The van der Waals surface area contributed by atoms with E-state index < -0.39 is 23.5 Å². The number of amides is 1. The van der Waals surface area contributed by atoms with Crippen LogP contribution in [0.2, 0.25) is 0 Å². The Morgan fingerprint density at radius 2 is 1.94 bits per heavy atom. The van der Waals surface area contributed by atoms with Crippen LogP contribution in [0, 0.1) is 19.7 Å². The second-order valence-corrected chi connectivity index (χ2v) is 8.30.